The van der Waals surface area contributed by atoms with Crippen LogP contribution in [0.3, 0.4) is 0 Å². The third-order valence-electron chi connectivity index (χ3n) is 2.25. The molecule has 2 rings (SSSR count). The molecular weight excluding hydrogens is 199 g/mol. The zero-order chi connectivity index (χ0) is 10.8. The van der Waals surface area contributed by atoms with Gasteiger partial charge in [-0.1, -0.05) is 6.07 Å². The lowest BCUT2D eigenvalue weighted by Gasteiger charge is -2.12. The number of hydrogen-bond donors (Lipinski definition) is 0. The standard InChI is InChI=1S/C10H9FN2O2/c11-8-4-1-3-7(12-8)10(15)13-6-2-5-9(13)14/h1,3-4H,2,5-6H2. The van der Waals surface area contributed by atoms with Crippen LogP contribution in [-0.2, 0) is 4.79 Å². The molecule has 1 saturated heterocycles. The normalized spacial score (nSPS) is 15.8. The molecule has 0 unspecified atom stereocenters. The average molecular weight is 208 g/mol. The maximum absolute atomic E-state index is 12.7. The van der Waals surface area contributed by atoms with Gasteiger partial charge in [-0.3, -0.25) is 14.5 Å². The molecule has 0 radical (unpaired) electrons. The van der Waals surface area contributed by atoms with Crippen LogP contribution in [0, 0.1) is 5.95 Å². The van der Waals surface area contributed by atoms with Crippen molar-refractivity contribution in [2.24, 2.45) is 0 Å². The lowest BCUT2D eigenvalue weighted by atomic mass is 10.3. The van der Waals surface area contributed by atoms with Gasteiger partial charge in [0.25, 0.3) is 5.91 Å². The third kappa shape index (κ3) is 1.86. The fourth-order valence-electron chi connectivity index (χ4n) is 1.53. The van der Waals surface area contributed by atoms with Gasteiger partial charge in [0.15, 0.2) is 0 Å². The Morgan fingerprint density at radius 1 is 1.47 bits per heavy atom. The number of carbonyl (C=O) groups excluding carboxylic acids is 2. The second-order valence-corrected chi connectivity index (χ2v) is 3.30. The number of carbonyl (C=O) groups is 2. The predicted octanol–water partition coefficient (Wildman–Crippen LogP) is 0.983. The molecule has 0 N–H and O–H groups in total. The lowest BCUT2D eigenvalue weighted by Crippen LogP contribution is -2.32. The highest BCUT2D eigenvalue weighted by molar-refractivity contribution is 6.04. The van der Waals surface area contributed by atoms with E-state index in [2.05, 4.69) is 4.98 Å². The van der Waals surface area contributed by atoms with Crippen molar-refractivity contribution in [1.29, 1.82) is 0 Å². The largest absolute Gasteiger partial charge is 0.279 e. The summed E-state index contributed by atoms with van der Waals surface area (Å²) in [5.74, 6) is -1.45. The number of pyridine rings is 1. The first kappa shape index (κ1) is 9.76. The number of hydrogen-bond acceptors (Lipinski definition) is 3. The molecule has 15 heavy (non-hydrogen) atoms. The topological polar surface area (TPSA) is 50.3 Å². The molecule has 2 heterocycles. The van der Waals surface area contributed by atoms with Crippen LogP contribution in [-0.4, -0.2) is 28.2 Å². The number of aromatic nitrogens is 1. The van der Waals surface area contributed by atoms with Crippen molar-refractivity contribution in [3.63, 3.8) is 0 Å². The van der Waals surface area contributed by atoms with Crippen molar-refractivity contribution in [3.05, 3.63) is 29.8 Å². The fraction of sp³-hybridized carbons (Fsp3) is 0.300. The van der Waals surface area contributed by atoms with E-state index in [0.29, 0.717) is 19.4 Å². The van der Waals surface area contributed by atoms with Gasteiger partial charge in [0.05, 0.1) is 0 Å². The number of imide groups is 1. The van der Waals surface area contributed by atoms with Gasteiger partial charge in [-0.25, -0.2) is 4.98 Å². The summed E-state index contributed by atoms with van der Waals surface area (Å²) in [5, 5.41) is 0. The Kier molecular flexibility index (Phi) is 2.45. The van der Waals surface area contributed by atoms with E-state index in [1.165, 1.54) is 12.1 Å². The molecule has 2 amide bonds. The molecule has 0 spiro atoms. The Hall–Kier alpha value is -1.78. The van der Waals surface area contributed by atoms with Gasteiger partial charge in [-0.15, -0.1) is 0 Å². The number of nitrogens with zero attached hydrogens (tertiary/aromatic N) is 2. The third-order valence-corrected chi connectivity index (χ3v) is 2.25. The first-order chi connectivity index (χ1) is 7.18. The lowest BCUT2D eigenvalue weighted by molar-refractivity contribution is -0.125. The summed E-state index contributed by atoms with van der Waals surface area (Å²) in [5.41, 5.74) is -0.0229. The summed E-state index contributed by atoms with van der Waals surface area (Å²) in [6, 6.07) is 3.95. The molecule has 0 aromatic carbocycles. The minimum atomic E-state index is -0.715. The van der Waals surface area contributed by atoms with E-state index in [0.717, 1.165) is 11.0 Å². The highest BCUT2D eigenvalue weighted by atomic mass is 19.1. The van der Waals surface area contributed by atoms with E-state index in [4.69, 9.17) is 0 Å². The maximum Gasteiger partial charge on any atom is 0.279 e. The van der Waals surface area contributed by atoms with Crippen molar-refractivity contribution in [1.82, 2.24) is 9.88 Å². The summed E-state index contributed by atoms with van der Waals surface area (Å²) in [7, 11) is 0. The minimum Gasteiger partial charge on any atom is -0.277 e. The second kappa shape index (κ2) is 3.76. The quantitative estimate of drug-likeness (QED) is 0.510. The zero-order valence-electron chi connectivity index (χ0n) is 7.94. The van der Waals surface area contributed by atoms with Crippen molar-refractivity contribution in [2.45, 2.75) is 12.8 Å². The molecule has 1 aromatic rings. The van der Waals surface area contributed by atoms with Gasteiger partial charge in [0.1, 0.15) is 5.69 Å². The maximum atomic E-state index is 12.7. The minimum absolute atomic E-state index is 0.0229. The zero-order valence-corrected chi connectivity index (χ0v) is 7.94. The molecule has 1 aliphatic rings. The van der Waals surface area contributed by atoms with Crippen molar-refractivity contribution < 1.29 is 14.0 Å². The van der Waals surface area contributed by atoms with Crippen LogP contribution in [0.5, 0.6) is 0 Å². The molecule has 5 heteroatoms. The van der Waals surface area contributed by atoms with Gasteiger partial charge in [-0.05, 0) is 18.6 Å². The van der Waals surface area contributed by atoms with Crippen LogP contribution in [0.1, 0.15) is 23.3 Å². The van der Waals surface area contributed by atoms with Gasteiger partial charge in [0.2, 0.25) is 11.9 Å². The SMILES string of the molecule is O=C1CCCN1C(=O)c1cccc(F)n1. The van der Waals surface area contributed by atoms with Crippen LogP contribution >= 0.6 is 0 Å². The molecule has 1 aromatic heterocycles. The Bertz CT molecular complexity index is 420. The second-order valence-electron chi connectivity index (χ2n) is 3.30. The molecule has 1 aliphatic heterocycles. The number of likely N-dealkylation sites (tertiary alicyclic amines) is 1. The Labute approximate surface area is 85.7 Å². The van der Waals surface area contributed by atoms with E-state index in [-0.39, 0.29) is 11.6 Å². The van der Waals surface area contributed by atoms with Crippen LogP contribution in [0.15, 0.2) is 18.2 Å². The summed E-state index contributed by atoms with van der Waals surface area (Å²) < 4.78 is 12.7. The first-order valence-corrected chi connectivity index (χ1v) is 4.66. The van der Waals surface area contributed by atoms with Crippen LogP contribution in [0.25, 0.3) is 0 Å². The first-order valence-electron chi connectivity index (χ1n) is 4.66. The average Bonchev–Trinajstić information content (AvgIpc) is 2.63. The van der Waals surface area contributed by atoms with Crippen LogP contribution in [0.4, 0.5) is 4.39 Å². The number of rotatable bonds is 1. The van der Waals surface area contributed by atoms with Gasteiger partial charge in [0, 0.05) is 13.0 Å². The molecule has 0 aliphatic carbocycles. The molecule has 78 valence electrons. The Balaban J connectivity index is 2.24. The molecular formula is C10H9FN2O2. The molecule has 0 atom stereocenters. The summed E-state index contributed by atoms with van der Waals surface area (Å²) >= 11 is 0. The highest BCUT2D eigenvalue weighted by Crippen LogP contribution is 2.13. The van der Waals surface area contributed by atoms with E-state index in [1.54, 1.807) is 0 Å². The Morgan fingerprint density at radius 3 is 2.87 bits per heavy atom. The molecule has 0 bridgehead atoms. The van der Waals surface area contributed by atoms with Crippen molar-refractivity contribution in [3.8, 4) is 0 Å². The fourth-order valence-corrected chi connectivity index (χ4v) is 1.53. The molecule has 1 fully saturated rings. The van der Waals surface area contributed by atoms with Crippen LogP contribution in [0.2, 0.25) is 0 Å². The number of halogens is 1. The van der Waals surface area contributed by atoms with E-state index in [1.807, 2.05) is 0 Å². The van der Waals surface area contributed by atoms with Crippen molar-refractivity contribution >= 4 is 11.8 Å². The summed E-state index contributed by atoms with van der Waals surface area (Å²) in [6.45, 7) is 0.399. The highest BCUT2D eigenvalue weighted by Gasteiger charge is 2.28. The molecule has 0 saturated carbocycles. The predicted molar refractivity (Wildman–Crippen MR) is 49.5 cm³/mol. The van der Waals surface area contributed by atoms with Crippen molar-refractivity contribution in [2.75, 3.05) is 6.54 Å². The van der Waals surface area contributed by atoms with Gasteiger partial charge < -0.3 is 0 Å². The number of amides is 2. The summed E-state index contributed by atoms with van der Waals surface area (Å²) in [6.07, 6.45) is 1.04. The van der Waals surface area contributed by atoms with E-state index >= 15 is 0 Å². The van der Waals surface area contributed by atoms with Gasteiger partial charge >= 0.3 is 0 Å². The summed E-state index contributed by atoms with van der Waals surface area (Å²) in [4.78, 5) is 27.5. The van der Waals surface area contributed by atoms with E-state index < -0.39 is 11.9 Å². The monoisotopic (exact) mass is 208 g/mol. The van der Waals surface area contributed by atoms with Gasteiger partial charge in [-0.2, -0.15) is 4.39 Å². The van der Waals surface area contributed by atoms with Crippen LogP contribution < -0.4 is 0 Å². The Morgan fingerprint density at radius 2 is 2.27 bits per heavy atom. The molecule has 4 nitrogen and oxygen atoms in total. The smallest absolute Gasteiger partial charge is 0.277 e. The van der Waals surface area contributed by atoms with E-state index in [9.17, 15) is 14.0 Å².